The Hall–Kier alpha value is -0.130. The number of hydrogen-bond acceptors (Lipinski definition) is 3. The fourth-order valence-electron chi connectivity index (χ4n) is 2.10. The van der Waals surface area contributed by atoms with E-state index in [1.165, 1.54) is 0 Å². The van der Waals surface area contributed by atoms with Gasteiger partial charge in [0.2, 0.25) is 10.0 Å². The van der Waals surface area contributed by atoms with Gasteiger partial charge in [0, 0.05) is 6.04 Å². The molecule has 5 heteroatoms. The van der Waals surface area contributed by atoms with Gasteiger partial charge in [-0.05, 0) is 44.1 Å². The Labute approximate surface area is 99.0 Å². The van der Waals surface area contributed by atoms with Crippen molar-refractivity contribution in [3.8, 4) is 0 Å². The first-order valence-electron chi connectivity index (χ1n) is 6.05. The first-order valence-corrected chi connectivity index (χ1v) is 7.70. The van der Waals surface area contributed by atoms with Crippen molar-refractivity contribution < 1.29 is 8.42 Å². The second kappa shape index (κ2) is 5.47. The largest absolute Gasteiger partial charge is 0.330 e. The normalized spacial score (nSPS) is 22.2. The molecule has 1 aliphatic carbocycles. The zero-order chi connectivity index (χ0) is 12.2. The first kappa shape index (κ1) is 13.9. The van der Waals surface area contributed by atoms with Crippen molar-refractivity contribution >= 4 is 10.0 Å². The lowest BCUT2D eigenvalue weighted by Gasteiger charge is -2.34. The average molecular weight is 248 g/mol. The van der Waals surface area contributed by atoms with Gasteiger partial charge in [0.1, 0.15) is 0 Å². The molecule has 16 heavy (non-hydrogen) atoms. The van der Waals surface area contributed by atoms with E-state index in [2.05, 4.69) is 18.6 Å². The summed E-state index contributed by atoms with van der Waals surface area (Å²) in [7, 11) is -3.11. The summed E-state index contributed by atoms with van der Waals surface area (Å²) in [5.41, 5.74) is 5.69. The van der Waals surface area contributed by atoms with Gasteiger partial charge < -0.3 is 5.73 Å². The Morgan fingerprint density at radius 3 is 2.38 bits per heavy atom. The van der Waals surface area contributed by atoms with Crippen molar-refractivity contribution in [2.45, 2.75) is 52.0 Å². The standard InChI is InChI=1S/C11H24N2O2S/c1-11(2)6-4-10(5-7-11)13-16(14,15)9-3-8-12/h10,13H,3-9,12H2,1-2H3. The maximum absolute atomic E-state index is 11.7. The summed E-state index contributed by atoms with van der Waals surface area (Å²) in [5.74, 6) is 0.156. The van der Waals surface area contributed by atoms with E-state index in [0.717, 1.165) is 25.7 Å². The lowest BCUT2D eigenvalue weighted by molar-refractivity contribution is 0.218. The van der Waals surface area contributed by atoms with Crippen LogP contribution in [0, 0.1) is 5.41 Å². The molecule has 0 atom stereocenters. The molecule has 0 aliphatic heterocycles. The highest BCUT2D eigenvalue weighted by atomic mass is 32.2. The zero-order valence-corrected chi connectivity index (χ0v) is 11.1. The topological polar surface area (TPSA) is 72.2 Å². The monoisotopic (exact) mass is 248 g/mol. The zero-order valence-electron chi connectivity index (χ0n) is 10.3. The van der Waals surface area contributed by atoms with Crippen molar-refractivity contribution in [1.29, 1.82) is 0 Å². The molecule has 96 valence electrons. The van der Waals surface area contributed by atoms with E-state index >= 15 is 0 Å². The third-order valence-electron chi connectivity index (χ3n) is 3.30. The second-order valence-corrected chi connectivity index (χ2v) is 7.39. The van der Waals surface area contributed by atoms with E-state index in [1.54, 1.807) is 0 Å². The summed E-state index contributed by atoms with van der Waals surface area (Å²) < 4.78 is 26.1. The van der Waals surface area contributed by atoms with Crippen LogP contribution in [0.4, 0.5) is 0 Å². The maximum atomic E-state index is 11.7. The molecule has 0 spiro atoms. The Morgan fingerprint density at radius 2 is 1.88 bits per heavy atom. The maximum Gasteiger partial charge on any atom is 0.211 e. The molecule has 0 radical (unpaired) electrons. The van der Waals surface area contributed by atoms with E-state index < -0.39 is 10.0 Å². The van der Waals surface area contributed by atoms with Crippen molar-refractivity contribution in [3.63, 3.8) is 0 Å². The lowest BCUT2D eigenvalue weighted by Crippen LogP contribution is -2.40. The summed E-state index contributed by atoms with van der Waals surface area (Å²) in [6, 6.07) is 0.135. The predicted octanol–water partition coefficient (Wildman–Crippen LogP) is 1.22. The molecule has 0 saturated heterocycles. The molecule has 0 aromatic rings. The fraction of sp³-hybridized carbons (Fsp3) is 1.00. The van der Waals surface area contributed by atoms with Gasteiger partial charge in [0.15, 0.2) is 0 Å². The molecule has 0 heterocycles. The first-order chi connectivity index (χ1) is 7.35. The molecule has 4 nitrogen and oxygen atoms in total. The quantitative estimate of drug-likeness (QED) is 0.768. The molecule has 1 fully saturated rings. The molecule has 0 unspecified atom stereocenters. The molecule has 0 aromatic heterocycles. The van der Waals surface area contributed by atoms with E-state index in [9.17, 15) is 8.42 Å². The van der Waals surface area contributed by atoms with Gasteiger partial charge in [0.05, 0.1) is 5.75 Å². The minimum absolute atomic E-state index is 0.135. The van der Waals surface area contributed by atoms with Crippen LogP contribution in [0.25, 0.3) is 0 Å². The predicted molar refractivity (Wildman–Crippen MR) is 66.6 cm³/mol. The molecule has 1 rings (SSSR count). The number of hydrogen-bond donors (Lipinski definition) is 2. The number of rotatable bonds is 5. The van der Waals surface area contributed by atoms with Crippen molar-refractivity contribution in [2.75, 3.05) is 12.3 Å². The van der Waals surface area contributed by atoms with Crippen LogP contribution in [0.15, 0.2) is 0 Å². The molecule has 1 saturated carbocycles. The Balaban J connectivity index is 2.38. The third kappa shape index (κ3) is 4.80. The van der Waals surface area contributed by atoms with Gasteiger partial charge in [-0.25, -0.2) is 13.1 Å². The van der Waals surface area contributed by atoms with Crippen LogP contribution in [0.5, 0.6) is 0 Å². The van der Waals surface area contributed by atoms with Gasteiger partial charge in [-0.3, -0.25) is 0 Å². The molecular weight excluding hydrogens is 224 g/mol. The highest BCUT2D eigenvalue weighted by molar-refractivity contribution is 7.89. The van der Waals surface area contributed by atoms with Crippen LogP contribution in [0.1, 0.15) is 46.0 Å². The summed E-state index contributed by atoms with van der Waals surface area (Å²) in [6.45, 7) is 4.91. The van der Waals surface area contributed by atoms with Crippen LogP contribution < -0.4 is 10.5 Å². The molecule has 0 amide bonds. The Kier molecular flexibility index (Phi) is 4.76. The minimum Gasteiger partial charge on any atom is -0.330 e. The Morgan fingerprint density at radius 1 is 1.31 bits per heavy atom. The van der Waals surface area contributed by atoms with E-state index in [-0.39, 0.29) is 11.8 Å². The Bertz CT molecular complexity index is 302. The van der Waals surface area contributed by atoms with Gasteiger partial charge in [0.25, 0.3) is 0 Å². The summed E-state index contributed by atoms with van der Waals surface area (Å²) in [5, 5.41) is 0. The lowest BCUT2D eigenvalue weighted by atomic mass is 9.76. The van der Waals surface area contributed by atoms with Crippen molar-refractivity contribution in [2.24, 2.45) is 11.1 Å². The van der Waals surface area contributed by atoms with Crippen molar-refractivity contribution in [1.82, 2.24) is 4.72 Å². The number of sulfonamides is 1. The smallest absolute Gasteiger partial charge is 0.211 e. The van der Waals surface area contributed by atoms with E-state index in [1.807, 2.05) is 0 Å². The van der Waals surface area contributed by atoms with Gasteiger partial charge >= 0.3 is 0 Å². The van der Waals surface area contributed by atoms with Crippen molar-refractivity contribution in [3.05, 3.63) is 0 Å². The summed E-state index contributed by atoms with van der Waals surface area (Å²) in [6.07, 6.45) is 4.63. The second-order valence-electron chi connectivity index (χ2n) is 5.52. The summed E-state index contributed by atoms with van der Waals surface area (Å²) in [4.78, 5) is 0. The van der Waals surface area contributed by atoms with Gasteiger partial charge in [-0.2, -0.15) is 0 Å². The van der Waals surface area contributed by atoms with Crippen LogP contribution in [0.2, 0.25) is 0 Å². The molecule has 1 aliphatic rings. The molecular formula is C11H24N2O2S. The van der Waals surface area contributed by atoms with Crippen LogP contribution in [0.3, 0.4) is 0 Å². The number of nitrogens with two attached hydrogens (primary N) is 1. The van der Waals surface area contributed by atoms with Crippen LogP contribution in [-0.2, 0) is 10.0 Å². The molecule has 0 bridgehead atoms. The summed E-state index contributed by atoms with van der Waals surface area (Å²) >= 11 is 0. The van der Waals surface area contributed by atoms with Crippen LogP contribution >= 0.6 is 0 Å². The highest BCUT2D eigenvalue weighted by Crippen LogP contribution is 2.35. The molecule has 3 N–H and O–H groups in total. The molecule has 0 aromatic carbocycles. The van der Waals surface area contributed by atoms with Gasteiger partial charge in [-0.15, -0.1) is 0 Å². The van der Waals surface area contributed by atoms with Crippen LogP contribution in [-0.4, -0.2) is 26.8 Å². The van der Waals surface area contributed by atoms with Gasteiger partial charge in [-0.1, -0.05) is 13.8 Å². The minimum atomic E-state index is -3.11. The fourth-order valence-corrected chi connectivity index (χ4v) is 3.51. The average Bonchev–Trinajstić information content (AvgIpc) is 2.18. The third-order valence-corrected chi connectivity index (χ3v) is 4.82. The number of nitrogens with one attached hydrogen (secondary N) is 1. The van der Waals surface area contributed by atoms with E-state index in [0.29, 0.717) is 18.4 Å². The highest BCUT2D eigenvalue weighted by Gasteiger charge is 2.28. The van der Waals surface area contributed by atoms with E-state index in [4.69, 9.17) is 5.73 Å². The SMILES string of the molecule is CC1(C)CCC(NS(=O)(=O)CCCN)CC1.